The number of carbonyl (C=O) groups is 3. The van der Waals surface area contributed by atoms with Gasteiger partial charge in [-0.05, 0) is 37.0 Å². The van der Waals surface area contributed by atoms with Crippen molar-refractivity contribution in [1.29, 1.82) is 0 Å². The van der Waals surface area contributed by atoms with Gasteiger partial charge < -0.3 is 14.2 Å². The van der Waals surface area contributed by atoms with Gasteiger partial charge in [0, 0.05) is 19.3 Å². The molecule has 0 rings (SSSR count). The van der Waals surface area contributed by atoms with Gasteiger partial charge in [-0.15, -0.1) is 0 Å². The minimum atomic E-state index is -0.765. The Morgan fingerprint density at radius 2 is 0.486 bits per heavy atom. The van der Waals surface area contributed by atoms with Crippen molar-refractivity contribution in [2.45, 2.75) is 375 Å². The van der Waals surface area contributed by atoms with E-state index in [4.69, 9.17) is 14.2 Å². The number of esters is 3. The molecule has 2 atom stereocenters. The van der Waals surface area contributed by atoms with Gasteiger partial charge in [0.2, 0.25) is 0 Å². The zero-order valence-electron chi connectivity index (χ0n) is 49.7. The summed E-state index contributed by atoms with van der Waals surface area (Å²) in [6, 6.07) is 0. The lowest BCUT2D eigenvalue weighted by Crippen LogP contribution is -2.30. The summed E-state index contributed by atoms with van der Waals surface area (Å²) in [5.41, 5.74) is 0. The van der Waals surface area contributed by atoms with Crippen molar-refractivity contribution in [3.05, 3.63) is 0 Å². The summed E-state index contributed by atoms with van der Waals surface area (Å²) in [6.45, 7) is 13.8. The summed E-state index contributed by atoms with van der Waals surface area (Å²) in [6.07, 6.45) is 62.4. The van der Waals surface area contributed by atoms with Gasteiger partial charge in [-0.1, -0.05) is 330 Å². The molecule has 0 saturated carbocycles. The first kappa shape index (κ1) is 70.4. The van der Waals surface area contributed by atoms with Gasteiger partial charge in [0.15, 0.2) is 6.10 Å². The highest BCUT2D eigenvalue weighted by atomic mass is 16.6. The molecule has 0 aromatic heterocycles. The third-order valence-electron chi connectivity index (χ3n) is 15.5. The lowest BCUT2D eigenvalue weighted by atomic mass is 9.99. The zero-order valence-corrected chi connectivity index (χ0v) is 49.7. The number of unbranched alkanes of at least 4 members (excludes halogenated alkanes) is 41. The maximum atomic E-state index is 12.9. The topological polar surface area (TPSA) is 78.9 Å². The van der Waals surface area contributed by atoms with Crippen LogP contribution in [0.15, 0.2) is 0 Å². The summed E-state index contributed by atoms with van der Waals surface area (Å²) in [5, 5.41) is 0. The molecule has 0 amide bonds. The molecule has 428 valence electrons. The fraction of sp³-hybridized carbons (Fsp3) is 0.955. The molecule has 0 aliphatic carbocycles. The van der Waals surface area contributed by atoms with Gasteiger partial charge in [0.05, 0.1) is 0 Å². The molecule has 6 heteroatoms. The van der Waals surface area contributed by atoms with Crippen LogP contribution in [0.5, 0.6) is 0 Å². The average Bonchev–Trinajstić information content (AvgIpc) is 3.36. The van der Waals surface area contributed by atoms with E-state index in [9.17, 15) is 14.4 Å². The van der Waals surface area contributed by atoms with Crippen LogP contribution in [0.3, 0.4) is 0 Å². The van der Waals surface area contributed by atoms with E-state index in [1.165, 1.54) is 250 Å². The van der Waals surface area contributed by atoms with E-state index in [0.717, 1.165) is 75.5 Å². The molecule has 0 N–H and O–H groups in total. The SMILES string of the molecule is CCC(C)CCCCCCCCCCCCCCCCCCCCC(=O)OC[C@@H](COC(=O)CCCCCCCCCCCCCC(C)C)OC(=O)CCCCCCCCCCCCCCCCCC(C)C. The summed E-state index contributed by atoms with van der Waals surface area (Å²) < 4.78 is 17.0. The fourth-order valence-electron chi connectivity index (χ4n) is 10.2. The number of carbonyl (C=O) groups excluding carboxylic acids is 3. The third kappa shape index (κ3) is 57.7. The number of hydrogen-bond donors (Lipinski definition) is 0. The van der Waals surface area contributed by atoms with Crippen LogP contribution < -0.4 is 0 Å². The Labute approximate surface area is 450 Å². The predicted octanol–water partition coefficient (Wildman–Crippen LogP) is 21.8. The van der Waals surface area contributed by atoms with Crippen LogP contribution in [0.1, 0.15) is 369 Å². The van der Waals surface area contributed by atoms with Crippen LogP contribution in [0.25, 0.3) is 0 Å². The standard InChI is InChI=1S/C66H128O6/c1-7-62(6)54-48-42-36-30-24-18-14-10-8-9-11-15-19-25-31-37-43-49-55-64(67)70-58-63(59-71-65(68)56-50-44-38-32-27-21-23-29-35-41-47-53-61(4)5)72-66(69)57-51-45-39-33-26-20-16-12-13-17-22-28-34-40-46-52-60(2)3/h60-63H,7-59H2,1-6H3/t62?,63-/m0/s1. The molecule has 6 nitrogen and oxygen atoms in total. The van der Waals surface area contributed by atoms with E-state index in [1.807, 2.05) is 0 Å². The number of hydrogen-bond acceptors (Lipinski definition) is 6. The predicted molar refractivity (Wildman–Crippen MR) is 312 cm³/mol. The molecule has 1 unspecified atom stereocenters. The van der Waals surface area contributed by atoms with Gasteiger partial charge in [-0.2, -0.15) is 0 Å². The molecule has 0 spiro atoms. The first-order valence-electron chi connectivity index (χ1n) is 32.6. The number of rotatable bonds is 59. The molecule has 0 radical (unpaired) electrons. The Hall–Kier alpha value is -1.59. The Bertz CT molecular complexity index is 1120. The van der Waals surface area contributed by atoms with Crippen molar-refractivity contribution in [2.24, 2.45) is 17.8 Å². The van der Waals surface area contributed by atoms with E-state index in [1.54, 1.807) is 0 Å². The van der Waals surface area contributed by atoms with Gasteiger partial charge in [-0.3, -0.25) is 14.4 Å². The molecule has 0 saturated heterocycles. The Morgan fingerprint density at radius 3 is 0.722 bits per heavy atom. The molecule has 0 aliphatic rings. The van der Waals surface area contributed by atoms with E-state index in [2.05, 4.69) is 41.5 Å². The highest BCUT2D eigenvalue weighted by Crippen LogP contribution is 2.20. The summed E-state index contributed by atoms with van der Waals surface area (Å²) in [4.78, 5) is 38.3. The van der Waals surface area contributed by atoms with Crippen molar-refractivity contribution in [1.82, 2.24) is 0 Å². The van der Waals surface area contributed by atoms with Crippen LogP contribution in [-0.4, -0.2) is 37.2 Å². The molecule has 0 heterocycles. The van der Waals surface area contributed by atoms with Crippen molar-refractivity contribution >= 4 is 17.9 Å². The van der Waals surface area contributed by atoms with E-state index >= 15 is 0 Å². The molecule has 0 aliphatic heterocycles. The summed E-state index contributed by atoms with van der Waals surface area (Å²) in [5.74, 6) is 1.75. The largest absolute Gasteiger partial charge is 0.462 e. The highest BCUT2D eigenvalue weighted by Gasteiger charge is 2.19. The second kappa shape index (κ2) is 57.1. The van der Waals surface area contributed by atoms with Crippen LogP contribution in [-0.2, 0) is 28.6 Å². The molecule has 0 fully saturated rings. The van der Waals surface area contributed by atoms with Crippen LogP contribution in [0.2, 0.25) is 0 Å². The lowest BCUT2D eigenvalue weighted by molar-refractivity contribution is -0.167. The molecule has 0 aromatic carbocycles. The fourth-order valence-corrected chi connectivity index (χ4v) is 10.2. The lowest BCUT2D eigenvalue weighted by Gasteiger charge is -2.18. The summed E-state index contributed by atoms with van der Waals surface area (Å²) in [7, 11) is 0. The Morgan fingerprint density at radius 1 is 0.278 bits per heavy atom. The zero-order chi connectivity index (χ0) is 52.6. The van der Waals surface area contributed by atoms with Crippen molar-refractivity contribution in [3.8, 4) is 0 Å². The average molecular weight is 1020 g/mol. The van der Waals surface area contributed by atoms with Gasteiger partial charge >= 0.3 is 17.9 Å². The maximum absolute atomic E-state index is 12.9. The molecule has 0 aromatic rings. The minimum Gasteiger partial charge on any atom is -0.462 e. The first-order chi connectivity index (χ1) is 35.1. The van der Waals surface area contributed by atoms with E-state index in [0.29, 0.717) is 19.3 Å². The van der Waals surface area contributed by atoms with Crippen molar-refractivity contribution < 1.29 is 28.6 Å². The minimum absolute atomic E-state index is 0.0625. The smallest absolute Gasteiger partial charge is 0.306 e. The van der Waals surface area contributed by atoms with Crippen LogP contribution in [0.4, 0.5) is 0 Å². The highest BCUT2D eigenvalue weighted by molar-refractivity contribution is 5.71. The van der Waals surface area contributed by atoms with Gasteiger partial charge in [0.25, 0.3) is 0 Å². The third-order valence-corrected chi connectivity index (χ3v) is 15.5. The second-order valence-corrected chi connectivity index (χ2v) is 24.0. The maximum Gasteiger partial charge on any atom is 0.306 e. The number of ether oxygens (including phenoxy) is 3. The van der Waals surface area contributed by atoms with E-state index in [-0.39, 0.29) is 31.1 Å². The van der Waals surface area contributed by atoms with Crippen molar-refractivity contribution in [2.75, 3.05) is 13.2 Å². The first-order valence-corrected chi connectivity index (χ1v) is 32.6. The summed E-state index contributed by atoms with van der Waals surface area (Å²) >= 11 is 0. The van der Waals surface area contributed by atoms with Gasteiger partial charge in [0.1, 0.15) is 13.2 Å². The Kier molecular flexibility index (Phi) is 55.9. The quantitative estimate of drug-likeness (QED) is 0.0343. The van der Waals surface area contributed by atoms with Crippen LogP contribution in [0, 0.1) is 17.8 Å². The van der Waals surface area contributed by atoms with Crippen LogP contribution >= 0.6 is 0 Å². The van der Waals surface area contributed by atoms with Gasteiger partial charge in [-0.25, -0.2) is 0 Å². The second-order valence-electron chi connectivity index (χ2n) is 24.0. The molecular formula is C66H128O6. The Balaban J connectivity index is 4.26. The molecule has 72 heavy (non-hydrogen) atoms. The molecule has 0 bridgehead atoms. The normalized spacial score (nSPS) is 12.5. The monoisotopic (exact) mass is 1020 g/mol. The van der Waals surface area contributed by atoms with Crippen molar-refractivity contribution in [3.63, 3.8) is 0 Å². The van der Waals surface area contributed by atoms with E-state index < -0.39 is 6.10 Å². The molecular weight excluding hydrogens is 889 g/mol.